The molecule has 2 aromatic rings. The normalized spacial score (nSPS) is 33.9. The van der Waals surface area contributed by atoms with E-state index in [1.165, 1.54) is 5.57 Å². The Labute approximate surface area is 226 Å². The zero-order valence-corrected chi connectivity index (χ0v) is 22.5. The first-order valence-electron chi connectivity index (χ1n) is 14.4. The lowest BCUT2D eigenvalue weighted by molar-refractivity contribution is -0.133. The number of aliphatic carboxylic acids is 1. The van der Waals surface area contributed by atoms with Crippen LogP contribution >= 0.6 is 0 Å². The van der Waals surface area contributed by atoms with Crippen LogP contribution in [-0.4, -0.2) is 17.0 Å². The summed E-state index contributed by atoms with van der Waals surface area (Å²) < 4.78 is 0. The molecule has 6 rings (SSSR count). The van der Waals surface area contributed by atoms with Gasteiger partial charge in [0.1, 0.15) is 0 Å². The van der Waals surface area contributed by atoms with Crippen LogP contribution in [0, 0.1) is 34.5 Å². The second-order valence-corrected chi connectivity index (χ2v) is 12.6. The number of nitrogens with one attached hydrogen (secondary N) is 1. The third-order valence-electron chi connectivity index (χ3n) is 10.9. The summed E-state index contributed by atoms with van der Waals surface area (Å²) in [6, 6.07) is 20.4. The largest absolute Gasteiger partial charge is 0.478 e. The molecule has 0 bridgehead atoms. The van der Waals surface area contributed by atoms with Gasteiger partial charge >= 0.3 is 5.97 Å². The van der Waals surface area contributed by atoms with Gasteiger partial charge < -0.3 is 10.4 Å². The predicted molar refractivity (Wildman–Crippen MR) is 149 cm³/mol. The van der Waals surface area contributed by atoms with Crippen molar-refractivity contribution < 1.29 is 14.7 Å². The van der Waals surface area contributed by atoms with Gasteiger partial charge in [0.2, 0.25) is 5.91 Å². The molecule has 2 fully saturated rings. The van der Waals surface area contributed by atoms with Crippen molar-refractivity contribution in [3.63, 3.8) is 0 Å². The van der Waals surface area contributed by atoms with E-state index >= 15 is 0 Å². The Morgan fingerprint density at radius 1 is 0.895 bits per heavy atom. The molecule has 0 heterocycles. The second kappa shape index (κ2) is 9.55. The summed E-state index contributed by atoms with van der Waals surface area (Å²) >= 11 is 0. The molecule has 2 N–H and O–H groups in total. The highest BCUT2D eigenvalue weighted by Gasteiger charge is 2.59. The summed E-state index contributed by atoms with van der Waals surface area (Å²) in [6.07, 6.45) is 11.1. The van der Waals surface area contributed by atoms with Gasteiger partial charge in [-0.3, -0.25) is 4.79 Å². The van der Waals surface area contributed by atoms with Crippen molar-refractivity contribution in [2.45, 2.75) is 64.8 Å². The minimum atomic E-state index is -0.778. The number of carbonyl (C=O) groups excluding carboxylic acids is 1. The van der Waals surface area contributed by atoms with Gasteiger partial charge in [-0.25, -0.2) is 4.79 Å². The minimum Gasteiger partial charge on any atom is -0.478 e. The molecule has 4 aliphatic carbocycles. The van der Waals surface area contributed by atoms with Crippen LogP contribution in [0.25, 0.3) is 0 Å². The number of carbonyl (C=O) groups is 2. The molecule has 198 valence electrons. The van der Waals surface area contributed by atoms with E-state index in [-0.39, 0.29) is 28.7 Å². The number of benzene rings is 2. The zero-order chi connectivity index (χ0) is 26.5. The number of rotatable bonds is 5. The van der Waals surface area contributed by atoms with Gasteiger partial charge in [0.15, 0.2) is 0 Å². The van der Waals surface area contributed by atoms with E-state index in [4.69, 9.17) is 0 Å². The molecule has 0 radical (unpaired) electrons. The second-order valence-electron chi connectivity index (χ2n) is 12.6. The quantitative estimate of drug-likeness (QED) is 0.452. The molecule has 2 saturated carbocycles. The molecule has 4 nitrogen and oxygen atoms in total. The van der Waals surface area contributed by atoms with E-state index in [1.807, 2.05) is 42.5 Å². The maximum Gasteiger partial charge on any atom is 0.331 e. The topological polar surface area (TPSA) is 66.4 Å². The van der Waals surface area contributed by atoms with Gasteiger partial charge in [0.05, 0.1) is 6.04 Å². The Hall–Kier alpha value is -3.14. The molecular weight excluding hydrogens is 470 g/mol. The van der Waals surface area contributed by atoms with E-state index in [0.29, 0.717) is 29.7 Å². The number of hydrogen-bond donors (Lipinski definition) is 2. The lowest BCUT2D eigenvalue weighted by Gasteiger charge is -2.57. The molecule has 0 spiro atoms. The van der Waals surface area contributed by atoms with E-state index in [0.717, 1.165) is 49.7 Å². The van der Waals surface area contributed by atoms with Crippen molar-refractivity contribution in [3.8, 4) is 0 Å². The standard InChI is InChI=1S/C34H39NO3/c1-33-19-17-24(32(37)38)21-25(33)13-14-26-27-15-16-29(34(27,2)20-18-28(26)33)31(36)35-30(22-9-5-3-6-10-22)23-11-7-4-8-12-23/h3-13,21,26-30H,14-20H2,1-2H3,(H,35,36)(H,37,38)/t26-,27-,28-,29?,33-,34-/m0/s1. The number of fused-ring (bicyclic) bond motifs is 5. The highest BCUT2D eigenvalue weighted by molar-refractivity contribution is 5.87. The molecular formula is C34H39NO3. The van der Waals surface area contributed by atoms with Crippen LogP contribution in [0.3, 0.4) is 0 Å². The van der Waals surface area contributed by atoms with Crippen molar-refractivity contribution >= 4 is 11.9 Å². The minimum absolute atomic E-state index is 0.00160. The van der Waals surface area contributed by atoms with Crippen LogP contribution < -0.4 is 5.32 Å². The predicted octanol–water partition coefficient (Wildman–Crippen LogP) is 7.09. The van der Waals surface area contributed by atoms with Gasteiger partial charge in [-0.1, -0.05) is 80.6 Å². The van der Waals surface area contributed by atoms with Crippen LogP contribution in [0.4, 0.5) is 0 Å². The fourth-order valence-corrected chi connectivity index (χ4v) is 8.82. The molecule has 4 aliphatic rings. The monoisotopic (exact) mass is 509 g/mol. The van der Waals surface area contributed by atoms with Gasteiger partial charge in [-0.05, 0) is 96.3 Å². The fourth-order valence-electron chi connectivity index (χ4n) is 8.82. The summed E-state index contributed by atoms with van der Waals surface area (Å²) in [5, 5.41) is 13.0. The molecule has 0 aliphatic heterocycles. The summed E-state index contributed by atoms with van der Waals surface area (Å²) in [6.45, 7) is 4.76. The Bertz CT molecular complexity index is 1240. The van der Waals surface area contributed by atoms with Crippen LogP contribution in [-0.2, 0) is 9.59 Å². The molecule has 6 atom stereocenters. The maximum atomic E-state index is 14.0. The van der Waals surface area contributed by atoms with Crippen LogP contribution in [0.1, 0.15) is 76.0 Å². The third-order valence-corrected chi connectivity index (χ3v) is 10.9. The lowest BCUT2D eigenvalue weighted by atomic mass is 9.48. The van der Waals surface area contributed by atoms with Crippen LogP contribution in [0.2, 0.25) is 0 Å². The van der Waals surface area contributed by atoms with E-state index in [2.05, 4.69) is 49.5 Å². The van der Waals surface area contributed by atoms with Crippen molar-refractivity contribution in [3.05, 3.63) is 95.1 Å². The molecule has 4 heteroatoms. The third kappa shape index (κ3) is 4.04. The Kier molecular flexibility index (Phi) is 6.32. The van der Waals surface area contributed by atoms with Crippen molar-refractivity contribution in [1.82, 2.24) is 5.32 Å². The average Bonchev–Trinajstić information content (AvgIpc) is 3.29. The first kappa shape index (κ1) is 25.2. The first-order valence-corrected chi connectivity index (χ1v) is 14.4. The summed E-state index contributed by atoms with van der Waals surface area (Å²) in [4.78, 5) is 25.7. The van der Waals surface area contributed by atoms with Gasteiger partial charge in [0.25, 0.3) is 0 Å². The van der Waals surface area contributed by atoms with Gasteiger partial charge in [-0.15, -0.1) is 0 Å². The summed E-state index contributed by atoms with van der Waals surface area (Å²) in [5.74, 6) is 1.10. The van der Waals surface area contributed by atoms with Gasteiger partial charge in [0, 0.05) is 11.5 Å². The number of carboxylic acids is 1. The van der Waals surface area contributed by atoms with E-state index in [1.54, 1.807) is 0 Å². The average molecular weight is 510 g/mol. The maximum absolute atomic E-state index is 14.0. The SMILES string of the molecule is C[C@]12CCC(C(=O)O)=CC1=CC[C@@H]1[C@@H]2CC[C@]2(C)C(C(=O)NC(c3ccccc3)c3ccccc3)CC[C@@H]12. The zero-order valence-electron chi connectivity index (χ0n) is 22.5. The Morgan fingerprint density at radius 3 is 2.18 bits per heavy atom. The highest BCUT2D eigenvalue weighted by Crippen LogP contribution is 2.66. The Morgan fingerprint density at radius 2 is 1.55 bits per heavy atom. The molecule has 0 aromatic heterocycles. The molecule has 1 amide bonds. The fraction of sp³-hybridized carbons (Fsp3) is 0.471. The number of allylic oxidation sites excluding steroid dienone is 3. The molecule has 38 heavy (non-hydrogen) atoms. The van der Waals surface area contributed by atoms with E-state index in [9.17, 15) is 14.7 Å². The van der Waals surface area contributed by atoms with Crippen molar-refractivity contribution in [2.24, 2.45) is 34.5 Å². The number of amides is 1. The smallest absolute Gasteiger partial charge is 0.331 e. The summed E-state index contributed by atoms with van der Waals surface area (Å²) in [5.41, 5.74) is 4.07. The van der Waals surface area contributed by atoms with E-state index < -0.39 is 5.97 Å². The molecule has 2 aromatic carbocycles. The number of carboxylic acid groups (broad SMARTS) is 1. The van der Waals surface area contributed by atoms with Crippen molar-refractivity contribution in [2.75, 3.05) is 0 Å². The first-order chi connectivity index (χ1) is 18.3. The van der Waals surface area contributed by atoms with Crippen LogP contribution in [0.15, 0.2) is 84.0 Å². The highest BCUT2D eigenvalue weighted by atomic mass is 16.4. The van der Waals surface area contributed by atoms with Gasteiger partial charge in [-0.2, -0.15) is 0 Å². The Balaban J connectivity index is 1.25. The molecule has 0 saturated heterocycles. The summed E-state index contributed by atoms with van der Waals surface area (Å²) in [7, 11) is 0. The van der Waals surface area contributed by atoms with Crippen LogP contribution in [0.5, 0.6) is 0 Å². The van der Waals surface area contributed by atoms with Crippen molar-refractivity contribution in [1.29, 1.82) is 0 Å². The molecule has 1 unspecified atom stereocenters. The number of hydrogen-bond acceptors (Lipinski definition) is 2. The lowest BCUT2D eigenvalue weighted by Crippen LogP contribution is -2.51.